The van der Waals surface area contributed by atoms with Gasteiger partial charge in [0.05, 0.1) is 0 Å². The SMILES string of the molecule is C=CCN(c1ccccc1/C=C/C(=O)O)C1CC1. The Hall–Kier alpha value is -2.03. The molecule has 1 aromatic rings. The number of aliphatic carboxylic acids is 1. The normalized spacial score (nSPS) is 14.7. The van der Waals surface area contributed by atoms with E-state index in [9.17, 15) is 4.79 Å². The number of hydrogen-bond acceptors (Lipinski definition) is 2. The summed E-state index contributed by atoms with van der Waals surface area (Å²) in [5.41, 5.74) is 2.02. The summed E-state index contributed by atoms with van der Waals surface area (Å²) in [6.07, 6.45) is 7.11. The number of para-hydroxylation sites is 1. The van der Waals surface area contributed by atoms with Crippen LogP contribution in [-0.2, 0) is 4.79 Å². The highest BCUT2D eigenvalue weighted by molar-refractivity contribution is 5.87. The zero-order valence-electron chi connectivity index (χ0n) is 10.2. The van der Waals surface area contributed by atoms with Gasteiger partial charge < -0.3 is 10.0 Å². The Morgan fingerprint density at radius 3 is 2.78 bits per heavy atom. The quantitative estimate of drug-likeness (QED) is 0.617. The minimum absolute atomic E-state index is 0.572. The predicted molar refractivity (Wildman–Crippen MR) is 73.7 cm³/mol. The lowest BCUT2D eigenvalue weighted by atomic mass is 10.1. The number of nitrogens with zero attached hydrogens (tertiary/aromatic N) is 1. The smallest absolute Gasteiger partial charge is 0.328 e. The van der Waals surface area contributed by atoms with Crippen LogP contribution in [0.15, 0.2) is 43.0 Å². The molecule has 0 aliphatic heterocycles. The van der Waals surface area contributed by atoms with Crippen molar-refractivity contribution in [1.29, 1.82) is 0 Å². The van der Waals surface area contributed by atoms with Crippen LogP contribution in [0.25, 0.3) is 6.08 Å². The molecule has 3 nitrogen and oxygen atoms in total. The minimum atomic E-state index is -0.925. The van der Waals surface area contributed by atoms with E-state index in [2.05, 4.69) is 11.5 Å². The highest BCUT2D eigenvalue weighted by atomic mass is 16.4. The van der Waals surface area contributed by atoms with Gasteiger partial charge in [-0.25, -0.2) is 4.79 Å². The molecule has 1 aliphatic carbocycles. The second-order valence-corrected chi connectivity index (χ2v) is 4.40. The van der Waals surface area contributed by atoms with E-state index in [4.69, 9.17) is 5.11 Å². The molecule has 1 saturated carbocycles. The van der Waals surface area contributed by atoms with Gasteiger partial charge in [0.15, 0.2) is 0 Å². The topological polar surface area (TPSA) is 40.5 Å². The summed E-state index contributed by atoms with van der Waals surface area (Å²) in [5, 5.41) is 8.71. The third kappa shape index (κ3) is 3.00. The molecule has 1 aromatic carbocycles. The third-order valence-corrected chi connectivity index (χ3v) is 2.97. The van der Waals surface area contributed by atoms with E-state index in [1.54, 1.807) is 6.08 Å². The molecule has 0 amide bonds. The van der Waals surface area contributed by atoms with E-state index < -0.39 is 5.97 Å². The molecule has 0 spiro atoms. The lowest BCUT2D eigenvalue weighted by Crippen LogP contribution is -2.26. The van der Waals surface area contributed by atoms with Crippen LogP contribution in [0.5, 0.6) is 0 Å². The van der Waals surface area contributed by atoms with Crippen LogP contribution in [0, 0.1) is 0 Å². The second-order valence-electron chi connectivity index (χ2n) is 4.40. The number of carboxylic acids is 1. The van der Waals surface area contributed by atoms with Crippen LogP contribution in [0.1, 0.15) is 18.4 Å². The number of carboxylic acid groups (broad SMARTS) is 1. The molecule has 1 fully saturated rings. The zero-order chi connectivity index (χ0) is 13.0. The third-order valence-electron chi connectivity index (χ3n) is 2.97. The maximum atomic E-state index is 10.6. The van der Waals surface area contributed by atoms with Crippen LogP contribution >= 0.6 is 0 Å². The predicted octanol–water partition coefficient (Wildman–Crippen LogP) is 2.94. The van der Waals surface area contributed by atoms with Gasteiger partial charge in [-0.15, -0.1) is 6.58 Å². The molecule has 1 aliphatic rings. The summed E-state index contributed by atoms with van der Waals surface area (Å²) in [5.74, 6) is -0.925. The summed E-state index contributed by atoms with van der Waals surface area (Å²) in [7, 11) is 0. The second kappa shape index (κ2) is 5.54. The van der Waals surface area contributed by atoms with Gasteiger partial charge in [0, 0.05) is 24.4 Å². The van der Waals surface area contributed by atoms with Crippen LogP contribution in [0.4, 0.5) is 5.69 Å². The molecule has 0 radical (unpaired) electrons. The average molecular weight is 243 g/mol. The molecule has 0 atom stereocenters. The van der Waals surface area contributed by atoms with Crippen molar-refractivity contribution in [1.82, 2.24) is 0 Å². The molecule has 1 N–H and O–H groups in total. The summed E-state index contributed by atoms with van der Waals surface area (Å²) in [4.78, 5) is 12.9. The van der Waals surface area contributed by atoms with Crippen molar-refractivity contribution in [2.75, 3.05) is 11.4 Å². The number of rotatable bonds is 6. The van der Waals surface area contributed by atoms with Gasteiger partial charge in [0.1, 0.15) is 0 Å². The van der Waals surface area contributed by atoms with Crippen molar-refractivity contribution in [3.8, 4) is 0 Å². The van der Waals surface area contributed by atoms with Gasteiger partial charge in [-0.2, -0.15) is 0 Å². The zero-order valence-corrected chi connectivity index (χ0v) is 10.2. The molecule has 3 heteroatoms. The van der Waals surface area contributed by atoms with Gasteiger partial charge in [0.2, 0.25) is 0 Å². The summed E-state index contributed by atoms with van der Waals surface area (Å²) >= 11 is 0. The van der Waals surface area contributed by atoms with E-state index in [1.807, 2.05) is 30.3 Å². The molecular weight excluding hydrogens is 226 g/mol. The maximum Gasteiger partial charge on any atom is 0.328 e. The first-order chi connectivity index (χ1) is 8.72. The standard InChI is InChI=1S/C15H17NO2/c1-2-11-16(13-8-9-13)14-6-4-3-5-12(14)7-10-15(17)18/h2-7,10,13H,1,8-9,11H2,(H,17,18)/b10-7+. The minimum Gasteiger partial charge on any atom is -0.478 e. The Bertz CT molecular complexity index is 475. The molecule has 0 heterocycles. The number of benzene rings is 1. The molecule has 0 aromatic heterocycles. The summed E-state index contributed by atoms with van der Waals surface area (Å²) in [6, 6.07) is 8.44. The van der Waals surface area contributed by atoms with Crippen LogP contribution < -0.4 is 4.90 Å². The largest absolute Gasteiger partial charge is 0.478 e. The summed E-state index contributed by atoms with van der Waals surface area (Å²) in [6.45, 7) is 4.58. The average Bonchev–Trinajstić information content (AvgIpc) is 3.18. The van der Waals surface area contributed by atoms with Crippen molar-refractivity contribution in [3.63, 3.8) is 0 Å². The molecule has 18 heavy (non-hydrogen) atoms. The maximum absolute atomic E-state index is 10.6. The Balaban J connectivity index is 2.29. The van der Waals surface area contributed by atoms with Crippen LogP contribution in [0.3, 0.4) is 0 Å². The van der Waals surface area contributed by atoms with E-state index in [0.717, 1.165) is 17.8 Å². The molecule has 2 rings (SSSR count). The molecule has 94 valence electrons. The van der Waals surface area contributed by atoms with Gasteiger partial charge in [-0.1, -0.05) is 24.3 Å². The molecule has 0 bridgehead atoms. The highest BCUT2D eigenvalue weighted by Gasteiger charge is 2.29. The lowest BCUT2D eigenvalue weighted by Gasteiger charge is -2.25. The first-order valence-electron chi connectivity index (χ1n) is 6.10. The number of carbonyl (C=O) groups is 1. The molecular formula is C15H17NO2. The fraction of sp³-hybridized carbons (Fsp3) is 0.267. The van der Waals surface area contributed by atoms with Crippen molar-refractivity contribution in [2.45, 2.75) is 18.9 Å². The Labute approximate surface area is 107 Å². The number of hydrogen-bond donors (Lipinski definition) is 1. The van der Waals surface area contributed by atoms with Crippen molar-refractivity contribution >= 4 is 17.7 Å². The fourth-order valence-electron chi connectivity index (χ4n) is 2.02. The summed E-state index contributed by atoms with van der Waals surface area (Å²) < 4.78 is 0. The van der Waals surface area contributed by atoms with Crippen LogP contribution in [-0.4, -0.2) is 23.7 Å². The Morgan fingerprint density at radius 1 is 1.44 bits per heavy atom. The Kier molecular flexibility index (Phi) is 3.82. The first-order valence-corrected chi connectivity index (χ1v) is 6.10. The van der Waals surface area contributed by atoms with E-state index in [-0.39, 0.29) is 0 Å². The van der Waals surface area contributed by atoms with Crippen LogP contribution in [0.2, 0.25) is 0 Å². The number of anilines is 1. The highest BCUT2D eigenvalue weighted by Crippen LogP contribution is 2.33. The van der Waals surface area contributed by atoms with Gasteiger partial charge in [-0.05, 0) is 30.5 Å². The van der Waals surface area contributed by atoms with E-state index in [0.29, 0.717) is 6.04 Å². The van der Waals surface area contributed by atoms with E-state index in [1.165, 1.54) is 18.9 Å². The monoisotopic (exact) mass is 243 g/mol. The van der Waals surface area contributed by atoms with Gasteiger partial charge >= 0.3 is 5.97 Å². The van der Waals surface area contributed by atoms with Gasteiger partial charge in [0.25, 0.3) is 0 Å². The van der Waals surface area contributed by atoms with Crippen molar-refractivity contribution in [2.24, 2.45) is 0 Å². The van der Waals surface area contributed by atoms with Crippen molar-refractivity contribution in [3.05, 3.63) is 48.6 Å². The first kappa shape index (κ1) is 12.4. The molecule has 0 saturated heterocycles. The van der Waals surface area contributed by atoms with Crippen molar-refractivity contribution < 1.29 is 9.90 Å². The van der Waals surface area contributed by atoms with Gasteiger partial charge in [-0.3, -0.25) is 0 Å². The van der Waals surface area contributed by atoms with E-state index >= 15 is 0 Å². The Morgan fingerprint density at radius 2 is 2.17 bits per heavy atom. The fourth-order valence-corrected chi connectivity index (χ4v) is 2.02. The lowest BCUT2D eigenvalue weighted by molar-refractivity contribution is -0.131. The molecule has 0 unspecified atom stereocenters.